The molecule has 0 spiro atoms. The summed E-state index contributed by atoms with van der Waals surface area (Å²) in [6.45, 7) is 3.60. The van der Waals surface area contributed by atoms with Gasteiger partial charge in [-0.05, 0) is 57.8 Å². The molecule has 0 aromatic carbocycles. The molecule has 0 bridgehead atoms. The van der Waals surface area contributed by atoms with Gasteiger partial charge in [0.05, 0.1) is 25.4 Å². The van der Waals surface area contributed by atoms with E-state index < -0.39 is 61.5 Å². The van der Waals surface area contributed by atoms with Gasteiger partial charge < -0.3 is 45.4 Å². The van der Waals surface area contributed by atoms with Crippen molar-refractivity contribution < 1.29 is 44.9 Å². The molecule has 0 aliphatic carbocycles. The summed E-state index contributed by atoms with van der Waals surface area (Å²) in [6, 6.07) is -0.998. The third-order valence-electron chi connectivity index (χ3n) is 12.8. The molecule has 0 saturated carbocycles. The lowest BCUT2D eigenvalue weighted by atomic mass is 9.99. The molecular weight excluding hydrogens is 807 g/mol. The van der Waals surface area contributed by atoms with Crippen molar-refractivity contribution in [3.63, 3.8) is 0 Å². The van der Waals surface area contributed by atoms with Crippen molar-refractivity contribution >= 4 is 5.91 Å². The number of aliphatic hydroxyl groups is 6. The Morgan fingerprint density at radius 1 is 0.531 bits per heavy atom. The molecule has 1 aliphatic heterocycles. The van der Waals surface area contributed by atoms with Crippen molar-refractivity contribution in [1.82, 2.24) is 5.32 Å². The van der Waals surface area contributed by atoms with Crippen LogP contribution in [-0.4, -0.2) is 98.7 Å². The van der Waals surface area contributed by atoms with Gasteiger partial charge in [-0.2, -0.15) is 0 Å². The number of carbonyl (C=O) groups is 1. The first-order chi connectivity index (χ1) is 31.3. The molecule has 1 amide bonds. The number of rotatable bonds is 45. The molecule has 1 aliphatic rings. The summed E-state index contributed by atoms with van der Waals surface area (Å²) >= 11 is 0. The Labute approximate surface area is 392 Å². The van der Waals surface area contributed by atoms with Crippen molar-refractivity contribution in [2.75, 3.05) is 13.2 Å². The number of ether oxygens (including phenoxy) is 2. The minimum atomic E-state index is -1.62. The van der Waals surface area contributed by atoms with Crippen molar-refractivity contribution in [3.05, 3.63) is 36.5 Å². The molecule has 0 aromatic rings. The summed E-state index contributed by atoms with van der Waals surface area (Å²) in [4.78, 5) is 13.1. The fraction of sp³-hybridized carbons (Fsp3) is 0.870. The van der Waals surface area contributed by atoms with E-state index in [0.717, 1.165) is 32.1 Å². The van der Waals surface area contributed by atoms with Gasteiger partial charge in [-0.25, -0.2) is 0 Å². The molecule has 1 heterocycles. The fourth-order valence-electron chi connectivity index (χ4n) is 8.41. The molecular formula is C54H101NO9. The highest BCUT2D eigenvalue weighted by molar-refractivity contribution is 5.80. The SMILES string of the molecule is CCCCCCCCCCC/C=C/CC/C=C/C(O)C(COC1OC(CO)C(O)C(O)C1O)NC(=O)C(O)CCCCCCCCCC/C=C\CCCCCCCCCCCCCC. The summed E-state index contributed by atoms with van der Waals surface area (Å²) in [6.07, 6.45) is 45.3. The fourth-order valence-corrected chi connectivity index (χ4v) is 8.41. The van der Waals surface area contributed by atoms with E-state index >= 15 is 0 Å². The van der Waals surface area contributed by atoms with E-state index in [4.69, 9.17) is 9.47 Å². The third-order valence-corrected chi connectivity index (χ3v) is 12.8. The van der Waals surface area contributed by atoms with Crippen molar-refractivity contribution in [2.45, 2.75) is 288 Å². The Bertz CT molecular complexity index is 1120. The molecule has 376 valence electrons. The Kier molecular flexibility index (Phi) is 41.4. The normalized spacial score (nSPS) is 20.8. The first kappa shape index (κ1) is 60.4. The second-order valence-corrected chi connectivity index (χ2v) is 18.8. The van der Waals surface area contributed by atoms with E-state index in [1.165, 1.54) is 173 Å². The Morgan fingerprint density at radius 2 is 0.922 bits per heavy atom. The van der Waals surface area contributed by atoms with E-state index in [1.54, 1.807) is 6.08 Å². The zero-order chi connectivity index (χ0) is 46.7. The molecule has 0 radical (unpaired) electrons. The van der Waals surface area contributed by atoms with E-state index in [9.17, 15) is 35.4 Å². The number of allylic oxidation sites excluding steroid dienone is 5. The van der Waals surface area contributed by atoms with Crippen LogP contribution in [0.4, 0.5) is 0 Å². The Balaban J connectivity index is 2.31. The monoisotopic (exact) mass is 908 g/mol. The lowest BCUT2D eigenvalue weighted by Crippen LogP contribution is -2.60. The largest absolute Gasteiger partial charge is 0.394 e. The van der Waals surface area contributed by atoms with Crippen LogP contribution in [0.1, 0.15) is 239 Å². The smallest absolute Gasteiger partial charge is 0.249 e. The van der Waals surface area contributed by atoms with E-state index in [-0.39, 0.29) is 6.61 Å². The topological polar surface area (TPSA) is 169 Å². The summed E-state index contributed by atoms with van der Waals surface area (Å²) < 4.78 is 11.2. The van der Waals surface area contributed by atoms with Crippen molar-refractivity contribution in [1.29, 1.82) is 0 Å². The van der Waals surface area contributed by atoms with Gasteiger partial charge in [0.1, 0.15) is 30.5 Å². The summed E-state index contributed by atoms with van der Waals surface area (Å²) in [5.74, 6) is -0.627. The van der Waals surface area contributed by atoms with Crippen LogP contribution in [0.25, 0.3) is 0 Å². The van der Waals surface area contributed by atoms with Crippen molar-refractivity contribution in [3.8, 4) is 0 Å². The molecule has 1 fully saturated rings. The highest BCUT2D eigenvalue weighted by atomic mass is 16.7. The van der Waals surface area contributed by atoms with E-state index in [1.807, 2.05) is 6.08 Å². The predicted octanol–water partition coefficient (Wildman–Crippen LogP) is 11.4. The zero-order valence-electron chi connectivity index (χ0n) is 41.2. The number of nitrogens with one attached hydrogen (secondary N) is 1. The first-order valence-corrected chi connectivity index (χ1v) is 26.8. The van der Waals surface area contributed by atoms with Gasteiger partial charge >= 0.3 is 0 Å². The number of unbranched alkanes of at least 4 members (excludes halogenated alkanes) is 30. The Hall–Kier alpha value is -1.63. The third kappa shape index (κ3) is 32.9. The van der Waals surface area contributed by atoms with Gasteiger partial charge in [0.15, 0.2) is 6.29 Å². The van der Waals surface area contributed by atoms with Crippen LogP contribution in [0.3, 0.4) is 0 Å². The highest BCUT2D eigenvalue weighted by Gasteiger charge is 2.44. The van der Waals surface area contributed by atoms with Gasteiger partial charge in [0, 0.05) is 0 Å². The number of carbonyl (C=O) groups excluding carboxylic acids is 1. The van der Waals surface area contributed by atoms with E-state index in [0.29, 0.717) is 19.3 Å². The lowest BCUT2D eigenvalue weighted by molar-refractivity contribution is -0.302. The zero-order valence-corrected chi connectivity index (χ0v) is 41.2. The van der Waals surface area contributed by atoms with Crippen LogP contribution in [0.15, 0.2) is 36.5 Å². The molecule has 7 N–H and O–H groups in total. The molecule has 64 heavy (non-hydrogen) atoms. The van der Waals surface area contributed by atoms with Crippen LogP contribution < -0.4 is 5.32 Å². The minimum absolute atomic E-state index is 0.301. The van der Waals surface area contributed by atoms with Gasteiger partial charge in [-0.3, -0.25) is 4.79 Å². The predicted molar refractivity (Wildman–Crippen MR) is 264 cm³/mol. The van der Waals surface area contributed by atoms with Gasteiger partial charge in [0.2, 0.25) is 5.91 Å². The highest BCUT2D eigenvalue weighted by Crippen LogP contribution is 2.23. The molecule has 8 atom stereocenters. The summed E-state index contributed by atoms with van der Waals surface area (Å²) in [7, 11) is 0. The van der Waals surface area contributed by atoms with Gasteiger partial charge in [-0.1, -0.05) is 217 Å². The first-order valence-electron chi connectivity index (χ1n) is 26.8. The lowest BCUT2D eigenvalue weighted by Gasteiger charge is -2.40. The van der Waals surface area contributed by atoms with Crippen LogP contribution in [0, 0.1) is 0 Å². The van der Waals surface area contributed by atoms with Crippen LogP contribution in [0.5, 0.6) is 0 Å². The number of amides is 1. The summed E-state index contributed by atoms with van der Waals surface area (Å²) in [5.41, 5.74) is 0. The van der Waals surface area contributed by atoms with Crippen LogP contribution in [-0.2, 0) is 14.3 Å². The van der Waals surface area contributed by atoms with Gasteiger partial charge in [-0.15, -0.1) is 0 Å². The molecule has 10 nitrogen and oxygen atoms in total. The average molecular weight is 908 g/mol. The van der Waals surface area contributed by atoms with Gasteiger partial charge in [0.25, 0.3) is 0 Å². The van der Waals surface area contributed by atoms with E-state index in [2.05, 4.69) is 43.5 Å². The molecule has 1 saturated heterocycles. The van der Waals surface area contributed by atoms with Crippen LogP contribution >= 0.6 is 0 Å². The molecule has 8 unspecified atom stereocenters. The van der Waals surface area contributed by atoms with Crippen molar-refractivity contribution in [2.24, 2.45) is 0 Å². The maximum absolute atomic E-state index is 13.1. The molecule has 10 heteroatoms. The number of aliphatic hydroxyl groups excluding tert-OH is 6. The average Bonchev–Trinajstić information content (AvgIpc) is 3.29. The van der Waals surface area contributed by atoms with Crippen LogP contribution in [0.2, 0.25) is 0 Å². The minimum Gasteiger partial charge on any atom is -0.394 e. The Morgan fingerprint density at radius 3 is 1.36 bits per heavy atom. The second-order valence-electron chi connectivity index (χ2n) is 18.8. The standard InChI is InChI=1S/C54H101NO9/c1-3-5-7-9-11-13-15-17-19-20-21-22-23-24-25-26-27-29-31-33-35-37-39-41-43-48(58)53(62)55-46(45-63-54-52(61)51(60)50(59)49(44-56)64-54)47(57)42-40-38-36-34-32-30-28-18-16-14-12-10-8-6-4-2/h24-25,32,34,40,42,46-52,54,56-61H,3-23,26-31,33,35-39,41,43-45H2,1-2H3,(H,55,62)/b25-24-,34-32+,42-40+. The summed E-state index contributed by atoms with van der Waals surface area (Å²) in [5, 5.41) is 64.8. The molecule has 1 rings (SSSR count). The number of hydrogen-bond acceptors (Lipinski definition) is 9. The maximum atomic E-state index is 13.1. The quantitative estimate of drug-likeness (QED) is 0.0232. The molecule has 0 aromatic heterocycles. The second kappa shape index (κ2) is 43.9. The maximum Gasteiger partial charge on any atom is 0.249 e. The number of hydrogen-bond donors (Lipinski definition) is 7.